The van der Waals surface area contributed by atoms with E-state index in [1.54, 1.807) is 24.3 Å². The fraction of sp³-hybridized carbons (Fsp3) is 0.167. The molecular weight excluding hydrogens is 567 g/mol. The molecule has 220 valence electrons. The third-order valence-electron chi connectivity index (χ3n) is 6.52. The number of aromatic carboxylic acids is 1. The van der Waals surface area contributed by atoms with E-state index in [1.165, 1.54) is 0 Å². The molecule has 0 bridgehead atoms. The number of hydrogen-bond donors (Lipinski definition) is 2. The minimum absolute atomic E-state index is 0.241. The maximum absolute atomic E-state index is 11.3. The van der Waals surface area contributed by atoms with Crippen LogP contribution in [-0.4, -0.2) is 74.0 Å². The van der Waals surface area contributed by atoms with Gasteiger partial charge in [-0.3, -0.25) is 4.40 Å². The second-order valence-corrected chi connectivity index (χ2v) is 9.37. The van der Waals surface area contributed by atoms with Crippen LogP contribution in [0.2, 0.25) is 0 Å². The van der Waals surface area contributed by atoms with Gasteiger partial charge >= 0.3 is 18.1 Å². The molecule has 0 aliphatic carbocycles. The van der Waals surface area contributed by atoms with Crippen LogP contribution in [0.15, 0.2) is 73.1 Å². The highest BCUT2D eigenvalue weighted by Gasteiger charge is 2.38. The average molecular weight is 592 g/mol. The summed E-state index contributed by atoms with van der Waals surface area (Å²) in [5.74, 6) is -2.91. The normalized spacial score (nSPS) is 13.7. The van der Waals surface area contributed by atoms with Gasteiger partial charge in [0, 0.05) is 30.2 Å². The smallest absolute Gasteiger partial charge is 0.478 e. The number of alkyl halides is 3. The monoisotopic (exact) mass is 591 g/mol. The summed E-state index contributed by atoms with van der Waals surface area (Å²) in [6.45, 7) is 2.78. The number of para-hydroxylation sites is 1. The molecule has 0 spiro atoms. The largest absolute Gasteiger partial charge is 0.490 e. The quantitative estimate of drug-likeness (QED) is 0.280. The number of hydrogen-bond acceptors (Lipinski definition) is 7. The summed E-state index contributed by atoms with van der Waals surface area (Å²) in [7, 11) is 0. The minimum Gasteiger partial charge on any atom is -0.478 e. The number of carbonyl (C=O) groups is 2. The summed E-state index contributed by atoms with van der Waals surface area (Å²) in [6.07, 6.45) is 2.61. The highest BCUT2D eigenvalue weighted by atomic mass is 19.4. The van der Waals surface area contributed by atoms with E-state index in [0.717, 1.165) is 58.1 Å². The first-order valence-corrected chi connectivity index (χ1v) is 13.0. The van der Waals surface area contributed by atoms with Crippen LogP contribution in [0.1, 0.15) is 21.7 Å². The topological polar surface area (TPSA) is 130 Å². The number of aromatic nitrogens is 4. The predicted octanol–water partition coefficient (Wildman–Crippen LogP) is 5.28. The van der Waals surface area contributed by atoms with Crippen molar-refractivity contribution < 1.29 is 37.7 Å². The summed E-state index contributed by atoms with van der Waals surface area (Å²) >= 11 is 0. The van der Waals surface area contributed by atoms with Crippen LogP contribution in [0, 0.1) is 0 Å². The molecule has 0 unspecified atom stereocenters. The Kier molecular flexibility index (Phi) is 8.34. The lowest BCUT2D eigenvalue weighted by molar-refractivity contribution is -0.192. The maximum Gasteiger partial charge on any atom is 0.490 e. The van der Waals surface area contributed by atoms with Gasteiger partial charge in [-0.05, 0) is 36.4 Å². The number of halogens is 3. The number of aliphatic carboxylic acids is 1. The molecule has 1 aliphatic heterocycles. The van der Waals surface area contributed by atoms with Crippen LogP contribution in [0.4, 0.5) is 19.0 Å². The number of anilines is 1. The molecule has 43 heavy (non-hydrogen) atoms. The van der Waals surface area contributed by atoms with Gasteiger partial charge in [-0.15, -0.1) is 0 Å². The van der Waals surface area contributed by atoms with Crippen LogP contribution in [0.3, 0.4) is 0 Å². The molecule has 0 radical (unpaired) electrons. The van der Waals surface area contributed by atoms with Crippen molar-refractivity contribution in [1.29, 1.82) is 0 Å². The van der Waals surface area contributed by atoms with Crippen molar-refractivity contribution >= 4 is 46.5 Å². The average Bonchev–Trinajstić information content (AvgIpc) is 3.44. The second kappa shape index (κ2) is 12.3. The Morgan fingerprint density at radius 3 is 2.23 bits per heavy atom. The molecule has 2 N–H and O–H groups in total. The molecule has 2 aromatic carbocycles. The lowest BCUT2D eigenvalue weighted by Gasteiger charge is -2.28. The zero-order valence-electron chi connectivity index (χ0n) is 22.4. The molecule has 1 saturated heterocycles. The number of carboxylic acids is 2. The van der Waals surface area contributed by atoms with Crippen molar-refractivity contribution in [2.45, 2.75) is 6.18 Å². The van der Waals surface area contributed by atoms with Gasteiger partial charge in [0.2, 0.25) is 0 Å². The van der Waals surface area contributed by atoms with Crippen molar-refractivity contribution in [3.05, 3.63) is 90.0 Å². The van der Waals surface area contributed by atoms with Gasteiger partial charge in [-0.1, -0.05) is 36.4 Å². The lowest BCUT2D eigenvalue weighted by Crippen LogP contribution is -2.37. The number of pyridine rings is 1. The van der Waals surface area contributed by atoms with E-state index in [0.29, 0.717) is 13.2 Å². The van der Waals surface area contributed by atoms with Crippen LogP contribution < -0.4 is 4.90 Å². The molecule has 0 saturated carbocycles. The van der Waals surface area contributed by atoms with E-state index in [2.05, 4.69) is 11.0 Å². The Morgan fingerprint density at radius 2 is 1.56 bits per heavy atom. The van der Waals surface area contributed by atoms with Gasteiger partial charge < -0.3 is 19.8 Å². The summed E-state index contributed by atoms with van der Waals surface area (Å²) < 4.78 is 39.3. The van der Waals surface area contributed by atoms with Gasteiger partial charge in [-0.25, -0.2) is 24.5 Å². The van der Waals surface area contributed by atoms with E-state index in [9.17, 15) is 23.1 Å². The Labute approximate surface area is 242 Å². The first-order chi connectivity index (χ1) is 20.6. The molecule has 1 aliphatic rings. The molecular formula is C30H24F3N5O5. The van der Waals surface area contributed by atoms with E-state index < -0.39 is 18.1 Å². The summed E-state index contributed by atoms with van der Waals surface area (Å²) in [5, 5.41) is 17.5. The fourth-order valence-corrected chi connectivity index (χ4v) is 4.40. The number of benzene rings is 2. The van der Waals surface area contributed by atoms with Gasteiger partial charge in [0.1, 0.15) is 0 Å². The first kappa shape index (κ1) is 29.2. The Bertz CT molecular complexity index is 1810. The van der Waals surface area contributed by atoms with Crippen molar-refractivity contribution in [2.75, 3.05) is 31.2 Å². The summed E-state index contributed by atoms with van der Waals surface area (Å²) in [4.78, 5) is 36.8. The molecule has 13 heteroatoms. The van der Waals surface area contributed by atoms with Gasteiger partial charge in [-0.2, -0.15) is 13.2 Å². The van der Waals surface area contributed by atoms with E-state index >= 15 is 0 Å². The molecule has 10 nitrogen and oxygen atoms in total. The van der Waals surface area contributed by atoms with Crippen molar-refractivity contribution in [3.63, 3.8) is 0 Å². The van der Waals surface area contributed by atoms with Gasteiger partial charge in [0.15, 0.2) is 11.5 Å². The Balaban J connectivity index is 0.000000472. The van der Waals surface area contributed by atoms with Crippen LogP contribution in [0.5, 0.6) is 0 Å². The zero-order chi connectivity index (χ0) is 30.6. The lowest BCUT2D eigenvalue weighted by atomic mass is 10.1. The molecule has 6 rings (SSSR count). The maximum atomic E-state index is 11.3. The number of rotatable bonds is 5. The molecule has 4 heterocycles. The molecule has 3 aromatic heterocycles. The number of fused-ring (bicyclic) bond motifs is 2. The molecule has 1 fully saturated rings. The molecule has 0 atom stereocenters. The van der Waals surface area contributed by atoms with Crippen LogP contribution in [0.25, 0.3) is 40.0 Å². The molecule has 0 amide bonds. The predicted molar refractivity (Wildman–Crippen MR) is 153 cm³/mol. The number of nitrogens with zero attached hydrogens (tertiary/aromatic N) is 5. The van der Waals surface area contributed by atoms with Gasteiger partial charge in [0.05, 0.1) is 47.6 Å². The van der Waals surface area contributed by atoms with E-state index in [-0.39, 0.29) is 5.56 Å². The minimum atomic E-state index is -5.08. The van der Waals surface area contributed by atoms with Crippen molar-refractivity contribution in [3.8, 4) is 11.3 Å². The van der Waals surface area contributed by atoms with E-state index in [1.807, 2.05) is 59.3 Å². The summed E-state index contributed by atoms with van der Waals surface area (Å²) in [6, 6.07) is 18.9. The van der Waals surface area contributed by atoms with Crippen LogP contribution >= 0.6 is 0 Å². The standard InChI is InChI=1S/C28H23N5O3.C2HF3O2/c34-28(35)21-7-5-20(6-8-21)25-17-29-26(32-13-15-36-16-14-32)27-31-23(18-33(25)27)12-11-22-10-9-19-3-1-2-4-24(19)30-22;3-2(4,5)1(6)7/h1-12,17-18H,13-16H2,(H,34,35);(H,6,7)/b12-11+;. The Morgan fingerprint density at radius 1 is 0.884 bits per heavy atom. The number of imidazole rings is 1. The number of carboxylic acid groups (broad SMARTS) is 2. The second-order valence-electron chi connectivity index (χ2n) is 9.37. The summed E-state index contributed by atoms with van der Waals surface area (Å²) in [5.41, 5.74) is 5.23. The first-order valence-electron chi connectivity index (χ1n) is 13.0. The highest BCUT2D eigenvalue weighted by Crippen LogP contribution is 2.28. The zero-order valence-corrected chi connectivity index (χ0v) is 22.4. The van der Waals surface area contributed by atoms with E-state index in [4.69, 9.17) is 29.6 Å². The SMILES string of the molecule is O=C(O)C(F)(F)F.O=C(O)c1ccc(-c2cnc(N3CCOCC3)c3nc(/C=C/c4ccc5ccccc5n4)cn23)cc1. The van der Waals surface area contributed by atoms with Gasteiger partial charge in [0.25, 0.3) is 0 Å². The highest BCUT2D eigenvalue weighted by molar-refractivity contribution is 5.88. The van der Waals surface area contributed by atoms with Crippen LogP contribution in [-0.2, 0) is 9.53 Å². The fourth-order valence-electron chi connectivity index (χ4n) is 4.40. The third kappa shape index (κ3) is 6.79. The molecule has 5 aromatic rings. The van der Waals surface area contributed by atoms with Crippen molar-refractivity contribution in [2.24, 2.45) is 0 Å². The number of ether oxygens (including phenoxy) is 1. The Hall–Kier alpha value is -5.30. The third-order valence-corrected chi connectivity index (χ3v) is 6.52. The number of morpholine rings is 1. The van der Waals surface area contributed by atoms with Crippen molar-refractivity contribution in [1.82, 2.24) is 19.4 Å².